The molecule has 3 aromatic carbocycles. The fourth-order valence-electron chi connectivity index (χ4n) is 3.70. The zero-order valence-electron chi connectivity index (χ0n) is 23.8. The van der Waals surface area contributed by atoms with Gasteiger partial charge in [-0.3, -0.25) is 0 Å². The predicted octanol–water partition coefficient (Wildman–Crippen LogP) is 6.82. The van der Waals surface area contributed by atoms with E-state index in [2.05, 4.69) is 42.5 Å². The largest absolute Gasteiger partial charge is 0.338 e. The molecule has 0 aliphatic carbocycles. The SMILES string of the molecule is CCCCNC(=O)Nc1ccccc1NC(=O)Nc1ccc(NC(=O)Nc2ccccc2NC(=O)NCCCC)cc1. The quantitative estimate of drug-likeness (QED) is 0.111. The summed E-state index contributed by atoms with van der Waals surface area (Å²) in [6.07, 6.45) is 3.68. The fourth-order valence-corrected chi connectivity index (χ4v) is 3.70. The number of hydrogen-bond donors (Lipinski definition) is 8. The highest BCUT2D eigenvalue weighted by atomic mass is 16.2. The smallest absolute Gasteiger partial charge is 0.323 e. The highest BCUT2D eigenvalue weighted by Crippen LogP contribution is 2.23. The summed E-state index contributed by atoms with van der Waals surface area (Å²) in [5.74, 6) is 0. The molecule has 0 aromatic heterocycles. The Morgan fingerprint density at radius 1 is 0.452 bits per heavy atom. The zero-order valence-corrected chi connectivity index (χ0v) is 23.8. The van der Waals surface area contributed by atoms with Gasteiger partial charge in [-0.1, -0.05) is 51.0 Å². The Bertz CT molecular complexity index is 1240. The van der Waals surface area contributed by atoms with E-state index in [0.717, 1.165) is 25.7 Å². The van der Waals surface area contributed by atoms with E-state index in [-0.39, 0.29) is 12.1 Å². The van der Waals surface area contributed by atoms with Crippen LogP contribution in [0.25, 0.3) is 0 Å². The average molecular weight is 575 g/mol. The highest BCUT2D eigenvalue weighted by Gasteiger charge is 2.11. The Hall–Kier alpha value is -5.26. The number of rotatable bonds is 12. The van der Waals surface area contributed by atoms with Gasteiger partial charge in [0.15, 0.2) is 0 Å². The van der Waals surface area contributed by atoms with E-state index in [1.807, 2.05) is 13.8 Å². The molecule has 0 saturated heterocycles. The monoisotopic (exact) mass is 574 g/mol. The van der Waals surface area contributed by atoms with E-state index < -0.39 is 12.1 Å². The van der Waals surface area contributed by atoms with Gasteiger partial charge in [0.05, 0.1) is 22.7 Å². The van der Waals surface area contributed by atoms with Crippen molar-refractivity contribution < 1.29 is 19.2 Å². The third-order valence-electron chi connectivity index (χ3n) is 5.88. The molecule has 0 atom stereocenters. The summed E-state index contributed by atoms with van der Waals surface area (Å²) in [5, 5.41) is 21.9. The summed E-state index contributed by atoms with van der Waals surface area (Å²) < 4.78 is 0. The molecular weight excluding hydrogens is 536 g/mol. The van der Waals surface area contributed by atoms with Crippen molar-refractivity contribution in [3.8, 4) is 0 Å². The van der Waals surface area contributed by atoms with Crippen LogP contribution < -0.4 is 42.5 Å². The Labute approximate surface area is 245 Å². The van der Waals surface area contributed by atoms with E-state index in [1.54, 1.807) is 72.8 Å². The van der Waals surface area contributed by atoms with Gasteiger partial charge in [-0.25, -0.2) is 19.2 Å². The van der Waals surface area contributed by atoms with Crippen LogP contribution in [0.5, 0.6) is 0 Å². The Morgan fingerprint density at radius 3 is 1.07 bits per heavy atom. The van der Waals surface area contributed by atoms with Gasteiger partial charge in [-0.2, -0.15) is 0 Å². The molecule has 0 radical (unpaired) electrons. The normalized spacial score (nSPS) is 10.1. The van der Waals surface area contributed by atoms with Crippen molar-refractivity contribution in [1.29, 1.82) is 0 Å². The first-order chi connectivity index (χ1) is 20.4. The van der Waals surface area contributed by atoms with E-state index in [1.165, 1.54) is 0 Å². The summed E-state index contributed by atoms with van der Waals surface area (Å²) in [6.45, 7) is 5.20. The summed E-state index contributed by atoms with van der Waals surface area (Å²) in [6, 6.07) is 18.6. The maximum Gasteiger partial charge on any atom is 0.323 e. The maximum atomic E-state index is 12.6. The molecule has 0 saturated carbocycles. The molecule has 0 bridgehead atoms. The second kappa shape index (κ2) is 16.8. The molecule has 0 heterocycles. The van der Waals surface area contributed by atoms with Crippen LogP contribution in [0.3, 0.4) is 0 Å². The van der Waals surface area contributed by atoms with Crippen molar-refractivity contribution in [2.45, 2.75) is 39.5 Å². The predicted molar refractivity (Wildman–Crippen MR) is 168 cm³/mol. The van der Waals surface area contributed by atoms with Gasteiger partial charge < -0.3 is 42.5 Å². The van der Waals surface area contributed by atoms with Crippen molar-refractivity contribution in [3.05, 3.63) is 72.8 Å². The molecule has 0 fully saturated rings. The summed E-state index contributed by atoms with van der Waals surface area (Å²) in [5.41, 5.74) is 2.77. The van der Waals surface area contributed by atoms with E-state index in [0.29, 0.717) is 47.2 Å². The van der Waals surface area contributed by atoms with Gasteiger partial charge in [-0.05, 0) is 61.4 Å². The summed E-state index contributed by atoms with van der Waals surface area (Å²) in [7, 11) is 0. The minimum atomic E-state index is -0.503. The number of carbonyl (C=O) groups is 4. The molecule has 8 N–H and O–H groups in total. The maximum absolute atomic E-state index is 12.6. The molecule has 0 unspecified atom stereocenters. The van der Waals surface area contributed by atoms with Crippen LogP contribution in [0, 0.1) is 0 Å². The second-order valence-electron chi connectivity index (χ2n) is 9.30. The molecule has 8 amide bonds. The fraction of sp³-hybridized carbons (Fsp3) is 0.267. The molecule has 12 heteroatoms. The molecule has 0 spiro atoms. The van der Waals surface area contributed by atoms with Crippen LogP contribution in [0.1, 0.15) is 39.5 Å². The first kappa shape index (κ1) is 31.3. The molecule has 0 aliphatic rings. The van der Waals surface area contributed by atoms with E-state index >= 15 is 0 Å². The van der Waals surface area contributed by atoms with Gasteiger partial charge in [0.1, 0.15) is 0 Å². The second-order valence-corrected chi connectivity index (χ2v) is 9.30. The number of nitrogens with one attached hydrogen (secondary N) is 8. The Kier molecular flexibility index (Phi) is 12.5. The van der Waals surface area contributed by atoms with Crippen molar-refractivity contribution in [3.63, 3.8) is 0 Å². The average Bonchev–Trinajstić information content (AvgIpc) is 2.96. The third kappa shape index (κ3) is 10.7. The topological polar surface area (TPSA) is 165 Å². The van der Waals surface area contributed by atoms with Crippen LogP contribution in [-0.2, 0) is 0 Å². The number of unbranched alkanes of at least 4 members (excludes halogenated alkanes) is 2. The Morgan fingerprint density at radius 2 is 0.762 bits per heavy atom. The number of amides is 8. The molecule has 42 heavy (non-hydrogen) atoms. The summed E-state index contributed by atoms with van der Waals surface area (Å²) in [4.78, 5) is 49.5. The minimum absolute atomic E-state index is 0.349. The molecule has 0 aliphatic heterocycles. The molecular formula is C30H38N8O4. The van der Waals surface area contributed by atoms with Gasteiger partial charge in [0.25, 0.3) is 0 Å². The van der Waals surface area contributed by atoms with Crippen LogP contribution in [0.15, 0.2) is 72.8 Å². The lowest BCUT2D eigenvalue weighted by atomic mass is 10.2. The van der Waals surface area contributed by atoms with Gasteiger partial charge >= 0.3 is 24.1 Å². The number of benzene rings is 3. The lowest BCUT2D eigenvalue weighted by Gasteiger charge is -2.14. The minimum Gasteiger partial charge on any atom is -0.338 e. The summed E-state index contributed by atoms with van der Waals surface area (Å²) >= 11 is 0. The van der Waals surface area contributed by atoms with Crippen molar-refractivity contribution in [2.75, 3.05) is 45.0 Å². The van der Waals surface area contributed by atoms with Gasteiger partial charge in [-0.15, -0.1) is 0 Å². The standard InChI is InChI=1S/C30H38N8O4/c1-3-5-19-31-27(39)35-23-11-7-9-13-25(23)37-29(41)33-21-15-17-22(18-16-21)34-30(42)38-26-14-10-8-12-24(26)36-28(40)32-20-6-4-2/h7-18H,3-6,19-20H2,1-2H3,(H2,31,35,39)(H2,32,36,40)(H2,33,37,41)(H2,34,38,42). The zero-order chi connectivity index (χ0) is 30.2. The number of urea groups is 4. The van der Waals surface area contributed by atoms with E-state index in [9.17, 15) is 19.2 Å². The lowest BCUT2D eigenvalue weighted by Crippen LogP contribution is -2.30. The van der Waals surface area contributed by atoms with Crippen molar-refractivity contribution >= 4 is 58.2 Å². The molecule has 3 rings (SSSR count). The first-order valence-electron chi connectivity index (χ1n) is 13.9. The van der Waals surface area contributed by atoms with Crippen LogP contribution in [0.4, 0.5) is 53.3 Å². The number of anilines is 6. The Balaban J connectivity index is 1.51. The third-order valence-corrected chi connectivity index (χ3v) is 5.88. The van der Waals surface area contributed by atoms with Gasteiger partial charge in [0, 0.05) is 24.5 Å². The highest BCUT2D eigenvalue weighted by molar-refractivity contribution is 6.05. The number of para-hydroxylation sites is 4. The van der Waals surface area contributed by atoms with Crippen LogP contribution in [0.2, 0.25) is 0 Å². The van der Waals surface area contributed by atoms with Crippen LogP contribution >= 0.6 is 0 Å². The van der Waals surface area contributed by atoms with Crippen LogP contribution in [-0.4, -0.2) is 37.2 Å². The first-order valence-corrected chi connectivity index (χ1v) is 13.9. The van der Waals surface area contributed by atoms with Crippen molar-refractivity contribution in [1.82, 2.24) is 10.6 Å². The molecule has 222 valence electrons. The molecule has 3 aromatic rings. The molecule has 12 nitrogen and oxygen atoms in total. The lowest BCUT2D eigenvalue weighted by molar-refractivity contribution is 0.251. The van der Waals surface area contributed by atoms with Gasteiger partial charge in [0.2, 0.25) is 0 Å². The van der Waals surface area contributed by atoms with Crippen molar-refractivity contribution in [2.24, 2.45) is 0 Å². The van der Waals surface area contributed by atoms with E-state index in [4.69, 9.17) is 0 Å². The number of hydrogen-bond acceptors (Lipinski definition) is 4. The number of carbonyl (C=O) groups excluding carboxylic acids is 4.